The van der Waals surface area contributed by atoms with E-state index >= 15 is 0 Å². The zero-order valence-electron chi connectivity index (χ0n) is 10.7. The second-order valence-corrected chi connectivity index (χ2v) is 6.19. The van der Waals surface area contributed by atoms with E-state index in [1.807, 2.05) is 18.2 Å². The van der Waals surface area contributed by atoms with E-state index in [1.165, 1.54) is 38.5 Å². The van der Waals surface area contributed by atoms with Gasteiger partial charge in [0.05, 0.1) is 10.0 Å². The van der Waals surface area contributed by atoms with Crippen molar-refractivity contribution < 1.29 is 0 Å². The Morgan fingerprint density at radius 1 is 1.06 bits per heavy atom. The summed E-state index contributed by atoms with van der Waals surface area (Å²) in [4.78, 5) is 0. The molecule has 1 unspecified atom stereocenters. The molecule has 0 saturated heterocycles. The van der Waals surface area contributed by atoms with E-state index in [-0.39, 0.29) is 6.04 Å². The van der Waals surface area contributed by atoms with Crippen LogP contribution >= 0.6 is 23.2 Å². The van der Waals surface area contributed by atoms with Gasteiger partial charge in [-0.05, 0) is 30.0 Å². The zero-order valence-corrected chi connectivity index (χ0v) is 12.2. The summed E-state index contributed by atoms with van der Waals surface area (Å²) in [6, 6.07) is 5.83. The molecule has 3 heteroatoms. The Labute approximate surface area is 120 Å². The minimum absolute atomic E-state index is 0.0860. The van der Waals surface area contributed by atoms with Crippen LogP contribution in [0.5, 0.6) is 0 Å². The van der Waals surface area contributed by atoms with Gasteiger partial charge >= 0.3 is 0 Å². The summed E-state index contributed by atoms with van der Waals surface area (Å²) in [5.74, 6) is 0.775. The second kappa shape index (κ2) is 6.79. The normalized spacial score (nSPS) is 19.5. The standard InChI is InChI=1S/C15H21Cl2N/c16-13-8-7-12(10-14(13)17)15(18)9-11-5-3-1-2-4-6-11/h7-8,10-11,15H,1-6,9,18H2. The molecule has 0 aromatic heterocycles. The fraction of sp³-hybridized carbons (Fsp3) is 0.600. The molecule has 2 N–H and O–H groups in total. The molecule has 100 valence electrons. The summed E-state index contributed by atoms with van der Waals surface area (Å²) in [6.07, 6.45) is 9.22. The maximum absolute atomic E-state index is 6.29. The molecule has 2 rings (SSSR count). The van der Waals surface area contributed by atoms with Crippen LogP contribution in [0.2, 0.25) is 10.0 Å². The van der Waals surface area contributed by atoms with Crippen molar-refractivity contribution in [3.8, 4) is 0 Å². The summed E-state index contributed by atoms with van der Waals surface area (Å²) in [6.45, 7) is 0. The van der Waals surface area contributed by atoms with Gasteiger partial charge in [0.2, 0.25) is 0 Å². The molecule has 0 bridgehead atoms. The van der Waals surface area contributed by atoms with Crippen molar-refractivity contribution in [1.29, 1.82) is 0 Å². The van der Waals surface area contributed by atoms with Gasteiger partial charge in [-0.15, -0.1) is 0 Å². The van der Waals surface area contributed by atoms with Crippen molar-refractivity contribution in [3.05, 3.63) is 33.8 Å². The van der Waals surface area contributed by atoms with E-state index in [9.17, 15) is 0 Å². The molecule has 1 aliphatic rings. The lowest BCUT2D eigenvalue weighted by molar-refractivity contribution is 0.393. The second-order valence-electron chi connectivity index (χ2n) is 5.37. The molecule has 0 spiro atoms. The summed E-state index contributed by atoms with van der Waals surface area (Å²) < 4.78 is 0. The van der Waals surface area contributed by atoms with Crippen molar-refractivity contribution in [2.75, 3.05) is 0 Å². The van der Waals surface area contributed by atoms with E-state index in [2.05, 4.69) is 0 Å². The Morgan fingerprint density at radius 3 is 2.33 bits per heavy atom. The predicted molar refractivity (Wildman–Crippen MR) is 79.2 cm³/mol. The van der Waals surface area contributed by atoms with Gasteiger partial charge in [-0.25, -0.2) is 0 Å². The SMILES string of the molecule is NC(CC1CCCCCC1)c1ccc(Cl)c(Cl)c1. The lowest BCUT2D eigenvalue weighted by Gasteiger charge is -2.20. The molecular formula is C15H21Cl2N. The summed E-state index contributed by atoms with van der Waals surface area (Å²) >= 11 is 12.0. The molecule has 1 saturated carbocycles. The van der Waals surface area contributed by atoms with E-state index in [4.69, 9.17) is 28.9 Å². The molecule has 1 aromatic rings. The number of rotatable bonds is 3. The van der Waals surface area contributed by atoms with Crippen molar-refractivity contribution >= 4 is 23.2 Å². The van der Waals surface area contributed by atoms with Crippen LogP contribution in [0.25, 0.3) is 0 Å². The maximum atomic E-state index is 6.29. The third kappa shape index (κ3) is 3.88. The van der Waals surface area contributed by atoms with E-state index < -0.39 is 0 Å². The summed E-state index contributed by atoms with van der Waals surface area (Å²) in [5, 5.41) is 1.20. The van der Waals surface area contributed by atoms with Crippen LogP contribution in [0.1, 0.15) is 56.6 Å². The van der Waals surface area contributed by atoms with Crippen molar-refractivity contribution in [3.63, 3.8) is 0 Å². The number of benzene rings is 1. The summed E-state index contributed by atoms with van der Waals surface area (Å²) in [5.41, 5.74) is 7.40. The highest BCUT2D eigenvalue weighted by atomic mass is 35.5. The zero-order chi connectivity index (χ0) is 13.0. The van der Waals surface area contributed by atoms with Crippen molar-refractivity contribution in [2.45, 2.75) is 51.0 Å². The first-order valence-corrected chi connectivity index (χ1v) is 7.63. The maximum Gasteiger partial charge on any atom is 0.0595 e. The average molecular weight is 286 g/mol. The van der Waals surface area contributed by atoms with Gasteiger partial charge < -0.3 is 5.73 Å². The quantitative estimate of drug-likeness (QED) is 0.744. The molecular weight excluding hydrogens is 265 g/mol. The first kappa shape index (κ1) is 14.2. The van der Waals surface area contributed by atoms with Crippen LogP contribution in [0.4, 0.5) is 0 Å². The van der Waals surface area contributed by atoms with E-state index in [0.29, 0.717) is 10.0 Å². The molecule has 1 fully saturated rings. The number of hydrogen-bond donors (Lipinski definition) is 1. The Hall–Kier alpha value is -0.240. The van der Waals surface area contributed by atoms with Crippen LogP contribution in [0.3, 0.4) is 0 Å². The van der Waals surface area contributed by atoms with Gasteiger partial charge in [-0.3, -0.25) is 0 Å². The van der Waals surface area contributed by atoms with Crippen LogP contribution in [0, 0.1) is 5.92 Å². The highest BCUT2D eigenvalue weighted by Crippen LogP contribution is 2.32. The lowest BCUT2D eigenvalue weighted by Crippen LogP contribution is -2.15. The Morgan fingerprint density at radius 2 is 1.72 bits per heavy atom. The third-order valence-corrected chi connectivity index (χ3v) is 4.67. The van der Waals surface area contributed by atoms with Crippen molar-refractivity contribution in [2.24, 2.45) is 11.7 Å². The Bertz CT molecular complexity index is 384. The fourth-order valence-electron chi connectivity index (χ4n) is 2.84. The molecule has 0 radical (unpaired) electrons. The van der Waals surface area contributed by atoms with Crippen LogP contribution in [0.15, 0.2) is 18.2 Å². The molecule has 0 aliphatic heterocycles. The third-order valence-electron chi connectivity index (χ3n) is 3.93. The van der Waals surface area contributed by atoms with Gasteiger partial charge in [-0.2, -0.15) is 0 Å². The molecule has 1 nitrogen and oxygen atoms in total. The Kier molecular flexibility index (Phi) is 5.35. The smallest absolute Gasteiger partial charge is 0.0595 e. The largest absolute Gasteiger partial charge is 0.324 e. The number of nitrogens with two attached hydrogens (primary N) is 1. The lowest BCUT2D eigenvalue weighted by atomic mass is 9.90. The van der Waals surface area contributed by atoms with Crippen LogP contribution in [-0.2, 0) is 0 Å². The Balaban J connectivity index is 1.97. The minimum Gasteiger partial charge on any atom is -0.324 e. The van der Waals surface area contributed by atoms with Gasteiger partial charge in [0.1, 0.15) is 0 Å². The summed E-state index contributed by atoms with van der Waals surface area (Å²) in [7, 11) is 0. The van der Waals surface area contributed by atoms with Crippen LogP contribution < -0.4 is 5.73 Å². The molecule has 1 atom stereocenters. The minimum atomic E-state index is 0.0860. The molecule has 0 amide bonds. The molecule has 1 aromatic carbocycles. The van der Waals surface area contributed by atoms with Crippen LogP contribution in [-0.4, -0.2) is 0 Å². The first-order chi connectivity index (χ1) is 8.66. The monoisotopic (exact) mass is 285 g/mol. The van der Waals surface area contributed by atoms with E-state index in [0.717, 1.165) is 17.9 Å². The van der Waals surface area contributed by atoms with Gasteiger partial charge in [0, 0.05) is 6.04 Å². The van der Waals surface area contributed by atoms with Gasteiger partial charge in [0.15, 0.2) is 0 Å². The molecule has 18 heavy (non-hydrogen) atoms. The highest BCUT2D eigenvalue weighted by Gasteiger charge is 2.17. The van der Waals surface area contributed by atoms with E-state index in [1.54, 1.807) is 0 Å². The topological polar surface area (TPSA) is 26.0 Å². The average Bonchev–Trinajstić information content (AvgIpc) is 2.61. The van der Waals surface area contributed by atoms with Gasteiger partial charge in [-0.1, -0.05) is 67.8 Å². The number of hydrogen-bond acceptors (Lipinski definition) is 1. The predicted octanol–water partition coefficient (Wildman–Crippen LogP) is 5.35. The first-order valence-electron chi connectivity index (χ1n) is 6.87. The fourth-order valence-corrected chi connectivity index (χ4v) is 3.14. The molecule has 1 aliphatic carbocycles. The number of halogens is 2. The molecule has 0 heterocycles. The van der Waals surface area contributed by atoms with Crippen molar-refractivity contribution in [1.82, 2.24) is 0 Å². The highest BCUT2D eigenvalue weighted by molar-refractivity contribution is 6.42. The van der Waals surface area contributed by atoms with Gasteiger partial charge in [0.25, 0.3) is 0 Å².